The van der Waals surface area contributed by atoms with Gasteiger partial charge in [-0.2, -0.15) is 0 Å². The topological polar surface area (TPSA) is 17.8 Å². The van der Waals surface area contributed by atoms with Crippen molar-refractivity contribution in [2.45, 2.75) is 6.54 Å². The summed E-state index contributed by atoms with van der Waals surface area (Å²) < 4.78 is 2.31. The summed E-state index contributed by atoms with van der Waals surface area (Å²) in [6.07, 6.45) is 0. The normalized spacial score (nSPS) is 11.2. The minimum Gasteiger partial charge on any atom is -0.319 e. The smallest absolute Gasteiger partial charge is 0.141 e. The first kappa shape index (κ1) is 14.9. The van der Waals surface area contributed by atoms with Gasteiger partial charge in [-0.1, -0.05) is 78.9 Å². The highest BCUT2D eigenvalue weighted by Crippen LogP contribution is 2.28. The molecule has 0 fully saturated rings. The predicted molar refractivity (Wildman–Crippen MR) is 108 cm³/mol. The summed E-state index contributed by atoms with van der Waals surface area (Å²) in [6.45, 7) is 0.809. The SMILES string of the molecule is c1ccc(Cn2c(-c3ccc4ccccc4c3)nc3ccccc32)cc1. The molecule has 0 radical (unpaired) electrons. The molecule has 0 amide bonds. The summed E-state index contributed by atoms with van der Waals surface area (Å²) in [6, 6.07) is 34.0. The first-order valence-corrected chi connectivity index (χ1v) is 8.87. The van der Waals surface area contributed by atoms with E-state index in [1.165, 1.54) is 21.9 Å². The van der Waals surface area contributed by atoms with Crippen molar-refractivity contribution < 1.29 is 0 Å². The molecule has 5 aromatic rings. The monoisotopic (exact) mass is 334 g/mol. The molecule has 0 unspecified atom stereocenters. The highest BCUT2D eigenvalue weighted by Gasteiger charge is 2.13. The molecule has 0 aliphatic rings. The van der Waals surface area contributed by atoms with Crippen molar-refractivity contribution in [1.82, 2.24) is 9.55 Å². The van der Waals surface area contributed by atoms with Gasteiger partial charge in [0, 0.05) is 12.1 Å². The third kappa shape index (κ3) is 2.56. The molecule has 0 bridgehead atoms. The maximum absolute atomic E-state index is 4.95. The first-order chi connectivity index (χ1) is 12.9. The summed E-state index contributed by atoms with van der Waals surface area (Å²) in [5.41, 5.74) is 4.62. The van der Waals surface area contributed by atoms with Crippen molar-refractivity contribution in [3.05, 3.63) is 103 Å². The molecule has 4 aromatic carbocycles. The molecule has 5 rings (SSSR count). The second kappa shape index (κ2) is 6.16. The molecule has 124 valence electrons. The van der Waals surface area contributed by atoms with Crippen LogP contribution in [0.15, 0.2) is 97.1 Å². The lowest BCUT2D eigenvalue weighted by molar-refractivity contribution is 0.834. The van der Waals surface area contributed by atoms with Crippen LogP contribution in [-0.2, 0) is 6.54 Å². The van der Waals surface area contributed by atoms with Crippen LogP contribution in [0.4, 0.5) is 0 Å². The zero-order valence-electron chi connectivity index (χ0n) is 14.3. The lowest BCUT2D eigenvalue weighted by Crippen LogP contribution is -2.02. The minimum atomic E-state index is 0.809. The van der Waals surface area contributed by atoms with E-state index in [9.17, 15) is 0 Å². The van der Waals surface area contributed by atoms with Gasteiger partial charge >= 0.3 is 0 Å². The van der Waals surface area contributed by atoms with Crippen LogP contribution in [0, 0.1) is 0 Å². The maximum Gasteiger partial charge on any atom is 0.141 e. The second-order valence-corrected chi connectivity index (χ2v) is 6.56. The van der Waals surface area contributed by atoms with Crippen molar-refractivity contribution in [2.75, 3.05) is 0 Å². The van der Waals surface area contributed by atoms with E-state index >= 15 is 0 Å². The number of rotatable bonds is 3. The fourth-order valence-corrected chi connectivity index (χ4v) is 3.55. The van der Waals surface area contributed by atoms with Crippen LogP contribution in [0.3, 0.4) is 0 Å². The number of nitrogens with zero attached hydrogens (tertiary/aromatic N) is 2. The van der Waals surface area contributed by atoms with E-state index < -0.39 is 0 Å². The molecule has 0 aliphatic carbocycles. The highest BCUT2D eigenvalue weighted by molar-refractivity contribution is 5.88. The number of hydrogen-bond donors (Lipinski definition) is 0. The molecule has 2 heteroatoms. The first-order valence-electron chi connectivity index (χ1n) is 8.87. The molecule has 26 heavy (non-hydrogen) atoms. The van der Waals surface area contributed by atoms with E-state index in [-0.39, 0.29) is 0 Å². The van der Waals surface area contributed by atoms with Gasteiger partial charge in [-0.25, -0.2) is 4.98 Å². The van der Waals surface area contributed by atoms with E-state index in [4.69, 9.17) is 4.98 Å². The number of fused-ring (bicyclic) bond motifs is 2. The molecule has 0 atom stereocenters. The molecular weight excluding hydrogens is 316 g/mol. The van der Waals surface area contributed by atoms with Crippen molar-refractivity contribution in [2.24, 2.45) is 0 Å². The number of benzene rings is 4. The average Bonchev–Trinajstić information content (AvgIpc) is 3.07. The minimum absolute atomic E-state index is 0.809. The van der Waals surface area contributed by atoms with Crippen molar-refractivity contribution in [1.29, 1.82) is 0 Å². The van der Waals surface area contributed by atoms with Gasteiger partial charge in [-0.3, -0.25) is 0 Å². The quantitative estimate of drug-likeness (QED) is 0.401. The maximum atomic E-state index is 4.95. The Labute approximate surface area is 152 Å². The molecule has 1 aromatic heterocycles. The Bertz CT molecular complexity index is 1200. The highest BCUT2D eigenvalue weighted by atomic mass is 15.1. The van der Waals surface area contributed by atoms with Crippen molar-refractivity contribution in [3.8, 4) is 11.4 Å². The van der Waals surface area contributed by atoms with Gasteiger partial charge in [0.2, 0.25) is 0 Å². The van der Waals surface area contributed by atoms with E-state index in [0.717, 1.165) is 23.4 Å². The van der Waals surface area contributed by atoms with E-state index in [1.54, 1.807) is 0 Å². The lowest BCUT2D eigenvalue weighted by atomic mass is 10.1. The van der Waals surface area contributed by atoms with Crippen LogP contribution in [0.1, 0.15) is 5.56 Å². The standard InChI is InChI=1S/C24H18N2/c1-2-8-18(9-3-1)17-26-23-13-7-6-12-22(23)25-24(26)21-15-14-19-10-4-5-11-20(19)16-21/h1-16H,17H2. The Kier molecular flexibility index (Phi) is 3.53. The average molecular weight is 334 g/mol. The summed E-state index contributed by atoms with van der Waals surface area (Å²) in [4.78, 5) is 4.95. The van der Waals surface area contributed by atoms with Gasteiger partial charge < -0.3 is 4.57 Å². The van der Waals surface area contributed by atoms with Crippen LogP contribution < -0.4 is 0 Å². The van der Waals surface area contributed by atoms with E-state index in [0.29, 0.717) is 0 Å². The Morgan fingerprint density at radius 2 is 1.38 bits per heavy atom. The number of para-hydroxylation sites is 2. The fourth-order valence-electron chi connectivity index (χ4n) is 3.55. The molecule has 2 nitrogen and oxygen atoms in total. The van der Waals surface area contributed by atoms with Gasteiger partial charge in [-0.15, -0.1) is 0 Å². The molecule has 0 saturated carbocycles. The molecule has 0 saturated heterocycles. The zero-order chi connectivity index (χ0) is 17.3. The van der Waals surface area contributed by atoms with Crippen LogP contribution >= 0.6 is 0 Å². The van der Waals surface area contributed by atoms with E-state index in [1.807, 2.05) is 6.07 Å². The van der Waals surface area contributed by atoms with Gasteiger partial charge in [0.1, 0.15) is 5.82 Å². The van der Waals surface area contributed by atoms with Crippen LogP contribution in [0.5, 0.6) is 0 Å². The zero-order valence-corrected chi connectivity index (χ0v) is 14.3. The fraction of sp³-hybridized carbons (Fsp3) is 0.0417. The summed E-state index contributed by atoms with van der Waals surface area (Å²) in [7, 11) is 0. The lowest BCUT2D eigenvalue weighted by Gasteiger charge is -2.10. The molecule has 1 heterocycles. The van der Waals surface area contributed by atoms with Crippen molar-refractivity contribution >= 4 is 21.8 Å². The van der Waals surface area contributed by atoms with Gasteiger partial charge in [-0.05, 0) is 34.5 Å². The largest absolute Gasteiger partial charge is 0.319 e. The third-order valence-corrected chi connectivity index (χ3v) is 4.85. The Hall–Kier alpha value is -3.39. The molecular formula is C24H18N2. The summed E-state index contributed by atoms with van der Waals surface area (Å²) in [5, 5.41) is 2.49. The van der Waals surface area contributed by atoms with Crippen LogP contribution in [0.25, 0.3) is 33.2 Å². The number of aromatic nitrogens is 2. The Balaban J connectivity index is 1.72. The van der Waals surface area contributed by atoms with Gasteiger partial charge in [0.25, 0.3) is 0 Å². The number of imidazole rings is 1. The summed E-state index contributed by atoms with van der Waals surface area (Å²) in [5.74, 6) is 1.01. The Morgan fingerprint density at radius 1 is 0.654 bits per heavy atom. The van der Waals surface area contributed by atoms with Gasteiger partial charge in [0.15, 0.2) is 0 Å². The summed E-state index contributed by atoms with van der Waals surface area (Å²) >= 11 is 0. The van der Waals surface area contributed by atoms with Gasteiger partial charge in [0.05, 0.1) is 11.0 Å². The van der Waals surface area contributed by atoms with Crippen molar-refractivity contribution in [3.63, 3.8) is 0 Å². The second-order valence-electron chi connectivity index (χ2n) is 6.56. The third-order valence-electron chi connectivity index (χ3n) is 4.85. The van der Waals surface area contributed by atoms with E-state index in [2.05, 4.69) is 95.6 Å². The Morgan fingerprint density at radius 3 is 2.27 bits per heavy atom. The van der Waals surface area contributed by atoms with Crippen LogP contribution in [0.2, 0.25) is 0 Å². The molecule has 0 spiro atoms. The van der Waals surface area contributed by atoms with Crippen LogP contribution in [-0.4, -0.2) is 9.55 Å². The molecule has 0 N–H and O–H groups in total. The predicted octanol–water partition coefficient (Wildman–Crippen LogP) is 5.90. The number of hydrogen-bond acceptors (Lipinski definition) is 1. The molecule has 0 aliphatic heterocycles.